The van der Waals surface area contributed by atoms with Gasteiger partial charge in [0.05, 0.1) is 29.7 Å². The monoisotopic (exact) mass is 419 g/mol. The zero-order valence-electron chi connectivity index (χ0n) is 17.0. The first-order valence-electron chi connectivity index (χ1n) is 9.83. The van der Waals surface area contributed by atoms with Gasteiger partial charge < -0.3 is 10.6 Å². The molecular formula is C22H22FN7O. The Bertz CT molecular complexity index is 1170. The van der Waals surface area contributed by atoms with Gasteiger partial charge in [0.25, 0.3) is 5.91 Å². The molecule has 3 aromatic heterocycles. The minimum absolute atomic E-state index is 0.256. The number of pyridine rings is 1. The number of aromatic nitrogens is 5. The highest BCUT2D eigenvalue weighted by Crippen LogP contribution is 2.22. The molecule has 3 N–H and O–H groups in total. The lowest BCUT2D eigenvalue weighted by Gasteiger charge is -2.13. The van der Waals surface area contributed by atoms with E-state index in [1.807, 2.05) is 19.3 Å². The molecule has 0 spiro atoms. The van der Waals surface area contributed by atoms with Crippen molar-refractivity contribution in [1.82, 2.24) is 30.3 Å². The van der Waals surface area contributed by atoms with Gasteiger partial charge in [0, 0.05) is 31.5 Å². The number of rotatable bonds is 8. The molecule has 4 aromatic rings. The lowest BCUT2D eigenvalue weighted by atomic mass is 10.1. The third kappa shape index (κ3) is 5.13. The van der Waals surface area contributed by atoms with Gasteiger partial charge >= 0.3 is 0 Å². The molecule has 4 rings (SSSR count). The smallest absolute Gasteiger partial charge is 0.255 e. The van der Waals surface area contributed by atoms with Crippen molar-refractivity contribution in [3.05, 3.63) is 83.7 Å². The zero-order valence-corrected chi connectivity index (χ0v) is 17.0. The van der Waals surface area contributed by atoms with Gasteiger partial charge in [0.2, 0.25) is 0 Å². The zero-order chi connectivity index (χ0) is 21.6. The second-order valence-electron chi connectivity index (χ2n) is 7.07. The number of nitrogens with one attached hydrogen (secondary N) is 3. The quantitative estimate of drug-likeness (QED) is 0.408. The highest BCUT2D eigenvalue weighted by atomic mass is 19.1. The molecule has 0 radical (unpaired) electrons. The summed E-state index contributed by atoms with van der Waals surface area (Å²) >= 11 is 0. The van der Waals surface area contributed by atoms with Crippen molar-refractivity contribution in [2.24, 2.45) is 7.05 Å². The topological polar surface area (TPSA) is 101 Å². The van der Waals surface area contributed by atoms with Crippen LogP contribution in [0, 0.1) is 5.82 Å². The molecule has 0 bridgehead atoms. The van der Waals surface area contributed by atoms with Crippen molar-refractivity contribution >= 4 is 11.7 Å². The maximum atomic E-state index is 13.4. The summed E-state index contributed by atoms with van der Waals surface area (Å²) in [6, 6.07) is 11.8. The van der Waals surface area contributed by atoms with Crippen molar-refractivity contribution in [3.63, 3.8) is 0 Å². The molecule has 0 saturated heterocycles. The highest BCUT2D eigenvalue weighted by molar-refractivity contribution is 5.99. The molecular weight excluding hydrogens is 397 g/mol. The fourth-order valence-electron chi connectivity index (χ4n) is 3.16. The Labute approximate surface area is 178 Å². The fourth-order valence-corrected chi connectivity index (χ4v) is 3.16. The molecule has 0 unspecified atom stereocenters. The maximum absolute atomic E-state index is 13.4. The number of aryl methyl sites for hydroxylation is 1. The van der Waals surface area contributed by atoms with E-state index in [1.165, 1.54) is 12.1 Å². The third-order valence-corrected chi connectivity index (χ3v) is 4.73. The van der Waals surface area contributed by atoms with E-state index in [0.29, 0.717) is 36.6 Å². The van der Waals surface area contributed by atoms with Crippen molar-refractivity contribution in [3.8, 4) is 11.3 Å². The molecule has 3 heterocycles. The number of carbonyl (C=O) groups is 1. The number of amides is 1. The minimum atomic E-state index is -0.270. The Morgan fingerprint density at radius 3 is 2.87 bits per heavy atom. The molecule has 158 valence electrons. The number of hydrogen-bond donors (Lipinski definition) is 3. The summed E-state index contributed by atoms with van der Waals surface area (Å²) in [5, 5.41) is 17.0. The number of carbonyl (C=O) groups excluding carboxylic acids is 1. The lowest BCUT2D eigenvalue weighted by Crippen LogP contribution is -2.25. The van der Waals surface area contributed by atoms with Gasteiger partial charge in [-0.05, 0) is 42.3 Å². The van der Waals surface area contributed by atoms with E-state index < -0.39 is 0 Å². The first kappa shape index (κ1) is 20.3. The standard InChI is InChI=1S/C22H22FN7O/c1-30-14-16(12-27-30)20-6-5-19(22(31)25-13-18-8-10-26-29-18)21(28-20)24-9-7-15-3-2-4-17(23)11-15/h2-6,8,10-12,14H,7,9,13H2,1H3,(H,24,28)(H,25,31)(H,26,29). The molecule has 0 aliphatic heterocycles. The predicted molar refractivity (Wildman–Crippen MR) is 115 cm³/mol. The van der Waals surface area contributed by atoms with Crippen molar-refractivity contribution in [2.45, 2.75) is 13.0 Å². The van der Waals surface area contributed by atoms with Crippen LogP contribution in [-0.4, -0.2) is 37.4 Å². The van der Waals surface area contributed by atoms with E-state index in [9.17, 15) is 9.18 Å². The summed E-state index contributed by atoms with van der Waals surface area (Å²) in [4.78, 5) is 17.5. The van der Waals surface area contributed by atoms with Crippen LogP contribution in [0.5, 0.6) is 0 Å². The number of H-pyrrole nitrogens is 1. The lowest BCUT2D eigenvalue weighted by molar-refractivity contribution is 0.0951. The predicted octanol–water partition coefficient (Wildman–Crippen LogP) is 2.93. The van der Waals surface area contributed by atoms with Gasteiger partial charge in [-0.25, -0.2) is 9.37 Å². The number of aromatic amines is 1. The number of nitrogens with zero attached hydrogens (tertiary/aromatic N) is 4. The van der Waals surface area contributed by atoms with Gasteiger partial charge in [0.1, 0.15) is 11.6 Å². The average Bonchev–Trinajstić information content (AvgIpc) is 3.44. The summed E-state index contributed by atoms with van der Waals surface area (Å²) in [5.74, 6) is -0.0685. The molecule has 0 aliphatic rings. The summed E-state index contributed by atoms with van der Waals surface area (Å²) in [5.41, 5.74) is 3.63. The third-order valence-electron chi connectivity index (χ3n) is 4.73. The van der Waals surface area contributed by atoms with Crippen LogP contribution < -0.4 is 10.6 Å². The average molecular weight is 419 g/mol. The normalized spacial score (nSPS) is 10.8. The van der Waals surface area contributed by atoms with Crippen LogP contribution in [0.3, 0.4) is 0 Å². The van der Waals surface area contributed by atoms with Crippen LogP contribution in [0.2, 0.25) is 0 Å². The number of benzene rings is 1. The van der Waals surface area contributed by atoms with Gasteiger partial charge in [-0.3, -0.25) is 14.6 Å². The van der Waals surface area contributed by atoms with Crippen molar-refractivity contribution < 1.29 is 9.18 Å². The van der Waals surface area contributed by atoms with Gasteiger partial charge in [0.15, 0.2) is 0 Å². The second-order valence-corrected chi connectivity index (χ2v) is 7.07. The minimum Gasteiger partial charge on any atom is -0.369 e. The summed E-state index contributed by atoms with van der Waals surface area (Å²) in [6.45, 7) is 0.819. The molecule has 31 heavy (non-hydrogen) atoms. The Kier molecular flexibility index (Phi) is 6.02. The molecule has 1 aromatic carbocycles. The van der Waals surface area contributed by atoms with Crippen molar-refractivity contribution in [1.29, 1.82) is 0 Å². The molecule has 0 atom stereocenters. The first-order chi connectivity index (χ1) is 15.1. The van der Waals surface area contributed by atoms with E-state index in [0.717, 1.165) is 16.8 Å². The van der Waals surface area contributed by atoms with E-state index in [1.54, 1.807) is 41.3 Å². The van der Waals surface area contributed by atoms with E-state index in [2.05, 4.69) is 30.9 Å². The Morgan fingerprint density at radius 2 is 2.13 bits per heavy atom. The summed E-state index contributed by atoms with van der Waals surface area (Å²) < 4.78 is 15.1. The molecule has 1 amide bonds. The molecule has 0 saturated carbocycles. The molecule has 9 heteroatoms. The van der Waals surface area contributed by atoms with Crippen molar-refractivity contribution in [2.75, 3.05) is 11.9 Å². The van der Waals surface area contributed by atoms with E-state index in [4.69, 9.17) is 0 Å². The Hall–Kier alpha value is -4.01. The Balaban J connectivity index is 1.53. The number of hydrogen-bond acceptors (Lipinski definition) is 5. The number of halogens is 1. The Morgan fingerprint density at radius 1 is 1.23 bits per heavy atom. The highest BCUT2D eigenvalue weighted by Gasteiger charge is 2.15. The van der Waals surface area contributed by atoms with Crippen LogP contribution >= 0.6 is 0 Å². The summed E-state index contributed by atoms with van der Waals surface area (Å²) in [6.07, 6.45) is 5.80. The van der Waals surface area contributed by atoms with Gasteiger partial charge in [-0.15, -0.1) is 0 Å². The van der Waals surface area contributed by atoms with Crippen LogP contribution in [0.1, 0.15) is 21.6 Å². The SMILES string of the molecule is Cn1cc(-c2ccc(C(=O)NCc3ccn[nH]3)c(NCCc3cccc(F)c3)n2)cn1. The second kappa shape index (κ2) is 9.21. The van der Waals surface area contributed by atoms with E-state index in [-0.39, 0.29) is 11.7 Å². The van der Waals surface area contributed by atoms with Gasteiger partial charge in [-0.2, -0.15) is 10.2 Å². The largest absolute Gasteiger partial charge is 0.369 e. The van der Waals surface area contributed by atoms with Crippen LogP contribution in [-0.2, 0) is 20.0 Å². The van der Waals surface area contributed by atoms with Crippen LogP contribution in [0.15, 0.2) is 61.1 Å². The van der Waals surface area contributed by atoms with Gasteiger partial charge in [-0.1, -0.05) is 12.1 Å². The fraction of sp³-hybridized carbons (Fsp3) is 0.182. The van der Waals surface area contributed by atoms with E-state index >= 15 is 0 Å². The number of anilines is 1. The molecule has 8 nitrogen and oxygen atoms in total. The molecule has 0 fully saturated rings. The van der Waals surface area contributed by atoms with Crippen LogP contribution in [0.4, 0.5) is 10.2 Å². The molecule has 0 aliphatic carbocycles. The summed E-state index contributed by atoms with van der Waals surface area (Å²) in [7, 11) is 1.83. The first-order valence-corrected chi connectivity index (χ1v) is 9.83. The maximum Gasteiger partial charge on any atom is 0.255 e. The van der Waals surface area contributed by atoms with Crippen LogP contribution in [0.25, 0.3) is 11.3 Å².